The van der Waals surface area contributed by atoms with Crippen molar-refractivity contribution in [3.05, 3.63) is 42.0 Å². The summed E-state index contributed by atoms with van der Waals surface area (Å²) in [5.41, 5.74) is 3.72. The average molecular weight is 475 g/mol. The lowest BCUT2D eigenvalue weighted by molar-refractivity contribution is -0.130. The van der Waals surface area contributed by atoms with E-state index in [1.165, 1.54) is 6.20 Å². The Bertz CT molecular complexity index is 1150. The van der Waals surface area contributed by atoms with Gasteiger partial charge >= 0.3 is 6.61 Å². The molecule has 11 heteroatoms. The summed E-state index contributed by atoms with van der Waals surface area (Å²) in [6, 6.07) is 3.37. The van der Waals surface area contributed by atoms with Crippen LogP contribution < -0.4 is 10.6 Å². The van der Waals surface area contributed by atoms with E-state index >= 15 is 0 Å². The molecule has 0 saturated heterocycles. The van der Waals surface area contributed by atoms with Gasteiger partial charge in [-0.1, -0.05) is 0 Å². The third-order valence-corrected chi connectivity index (χ3v) is 6.05. The number of hydrogen-bond acceptors (Lipinski definition) is 7. The fraction of sp³-hybridized carbons (Fsp3) is 0.478. The minimum absolute atomic E-state index is 0.182. The number of aliphatic hydroxyl groups excluding tert-OH is 1. The van der Waals surface area contributed by atoms with Crippen LogP contribution in [0.25, 0.3) is 16.6 Å². The molecule has 0 aromatic carbocycles. The second-order valence-corrected chi connectivity index (χ2v) is 8.55. The molecule has 34 heavy (non-hydrogen) atoms. The molecule has 9 nitrogen and oxygen atoms in total. The molecule has 3 heterocycles. The monoisotopic (exact) mass is 474 g/mol. The van der Waals surface area contributed by atoms with Crippen molar-refractivity contribution >= 4 is 17.4 Å². The van der Waals surface area contributed by atoms with Gasteiger partial charge in [0.15, 0.2) is 0 Å². The third-order valence-electron chi connectivity index (χ3n) is 6.05. The summed E-state index contributed by atoms with van der Waals surface area (Å²) in [6.07, 6.45) is 7.61. The van der Waals surface area contributed by atoms with Crippen molar-refractivity contribution in [2.24, 2.45) is 0 Å². The Hall–Kier alpha value is -3.18. The maximum absolute atomic E-state index is 12.4. The number of anilines is 1. The maximum atomic E-state index is 12.4. The lowest BCUT2D eigenvalue weighted by atomic mass is 9.85. The van der Waals surface area contributed by atoms with Crippen LogP contribution in [-0.2, 0) is 4.74 Å². The van der Waals surface area contributed by atoms with Crippen LogP contribution in [0.1, 0.15) is 54.6 Å². The predicted molar refractivity (Wildman–Crippen MR) is 122 cm³/mol. The summed E-state index contributed by atoms with van der Waals surface area (Å²) < 4.78 is 30.9. The van der Waals surface area contributed by atoms with Gasteiger partial charge in [0.1, 0.15) is 0 Å². The Balaban J connectivity index is 1.73. The number of halogens is 2. The normalized spacial score (nSPS) is 19.4. The van der Waals surface area contributed by atoms with Gasteiger partial charge in [-0.15, -0.1) is 5.10 Å². The van der Waals surface area contributed by atoms with E-state index in [0.717, 1.165) is 35.2 Å². The molecule has 1 saturated carbocycles. The number of pyridine rings is 1. The molecule has 0 aliphatic heterocycles. The molecule has 1 fully saturated rings. The second-order valence-electron chi connectivity index (χ2n) is 8.55. The molecule has 1 aliphatic rings. The molecule has 3 aromatic rings. The molecule has 3 aromatic heterocycles. The van der Waals surface area contributed by atoms with Gasteiger partial charge in [-0.05, 0) is 44.7 Å². The molecule has 182 valence electrons. The van der Waals surface area contributed by atoms with Crippen molar-refractivity contribution in [3.63, 3.8) is 0 Å². The lowest BCUT2D eigenvalue weighted by Gasteiger charge is -2.25. The predicted octanol–water partition coefficient (Wildman–Crippen LogP) is 3.21. The van der Waals surface area contributed by atoms with Crippen LogP contribution in [0, 0.1) is 0 Å². The molecular weight excluding hydrogens is 446 g/mol. The number of alkyl halides is 2. The van der Waals surface area contributed by atoms with Crippen molar-refractivity contribution in [2.45, 2.75) is 57.3 Å². The Kier molecular flexibility index (Phi) is 7.32. The Morgan fingerprint density at radius 1 is 1.24 bits per heavy atom. The van der Waals surface area contributed by atoms with Crippen LogP contribution in [-0.4, -0.2) is 63.0 Å². The Morgan fingerprint density at radius 3 is 2.71 bits per heavy atom. The van der Waals surface area contributed by atoms with Crippen molar-refractivity contribution in [2.75, 3.05) is 19.0 Å². The van der Waals surface area contributed by atoms with E-state index in [9.17, 15) is 18.7 Å². The summed E-state index contributed by atoms with van der Waals surface area (Å²) in [6.45, 7) is -1.33. The number of carbonyl (C=O) groups is 1. The van der Waals surface area contributed by atoms with E-state index in [-0.39, 0.29) is 30.5 Å². The highest BCUT2D eigenvalue weighted by Crippen LogP contribution is 2.37. The first kappa shape index (κ1) is 24.0. The van der Waals surface area contributed by atoms with Gasteiger partial charge in [0, 0.05) is 48.2 Å². The van der Waals surface area contributed by atoms with Crippen LogP contribution in [0.5, 0.6) is 0 Å². The molecule has 0 radical (unpaired) electrons. The zero-order valence-corrected chi connectivity index (χ0v) is 19.0. The molecule has 4 rings (SSSR count). The van der Waals surface area contributed by atoms with E-state index in [2.05, 4.69) is 30.4 Å². The summed E-state index contributed by atoms with van der Waals surface area (Å²) >= 11 is 0. The van der Waals surface area contributed by atoms with Gasteiger partial charge < -0.3 is 20.5 Å². The average Bonchev–Trinajstić information content (AvgIpc) is 3.21. The Labute approximate surface area is 195 Å². The number of aromatic nitrogens is 4. The van der Waals surface area contributed by atoms with Crippen LogP contribution in [0.4, 0.5) is 14.7 Å². The smallest absolute Gasteiger partial charge is 0.345 e. The SMILES string of the molecule is CNC(=O)c1cncc(-c2cc(C3CCC(O)CC3)n3nc(N[C@@H](C)COC(F)F)ncc23)c1. The summed E-state index contributed by atoms with van der Waals surface area (Å²) in [4.78, 5) is 20.7. The number of aliphatic hydroxyl groups is 1. The highest BCUT2D eigenvalue weighted by molar-refractivity contribution is 5.95. The van der Waals surface area contributed by atoms with Gasteiger partial charge in [0.25, 0.3) is 5.91 Å². The fourth-order valence-electron chi connectivity index (χ4n) is 4.31. The lowest BCUT2D eigenvalue weighted by Crippen LogP contribution is -2.25. The number of hydrogen-bond donors (Lipinski definition) is 3. The number of nitrogens with one attached hydrogen (secondary N) is 2. The van der Waals surface area contributed by atoms with E-state index < -0.39 is 12.7 Å². The summed E-state index contributed by atoms with van der Waals surface area (Å²) in [5, 5.41) is 20.2. The number of amides is 1. The largest absolute Gasteiger partial charge is 0.393 e. The van der Waals surface area contributed by atoms with Gasteiger partial charge in [-0.25, -0.2) is 9.50 Å². The van der Waals surface area contributed by atoms with E-state index in [0.29, 0.717) is 18.4 Å². The van der Waals surface area contributed by atoms with E-state index in [1.54, 1.807) is 36.9 Å². The number of rotatable bonds is 8. The maximum Gasteiger partial charge on any atom is 0.345 e. The third kappa shape index (κ3) is 5.31. The number of carbonyl (C=O) groups excluding carboxylic acids is 1. The number of nitrogens with zero attached hydrogens (tertiary/aromatic N) is 4. The molecule has 1 atom stereocenters. The highest BCUT2D eigenvalue weighted by atomic mass is 19.3. The van der Waals surface area contributed by atoms with Crippen molar-refractivity contribution in [3.8, 4) is 11.1 Å². The first-order chi connectivity index (χ1) is 16.4. The molecular formula is C23H28F2N6O3. The second kappa shape index (κ2) is 10.4. The molecule has 0 bridgehead atoms. The Morgan fingerprint density at radius 2 is 2.00 bits per heavy atom. The first-order valence-electron chi connectivity index (χ1n) is 11.3. The van der Waals surface area contributed by atoms with Crippen LogP contribution in [0.3, 0.4) is 0 Å². The fourth-order valence-corrected chi connectivity index (χ4v) is 4.31. The summed E-state index contributed by atoms with van der Waals surface area (Å²) in [5.74, 6) is 0.235. The van der Waals surface area contributed by atoms with Crippen LogP contribution >= 0.6 is 0 Å². The number of ether oxygens (including phenoxy) is 1. The van der Waals surface area contributed by atoms with E-state index in [1.807, 2.05) is 6.07 Å². The molecule has 0 spiro atoms. The zero-order chi connectivity index (χ0) is 24.2. The molecule has 1 aliphatic carbocycles. The molecule has 0 unspecified atom stereocenters. The van der Waals surface area contributed by atoms with Gasteiger partial charge in [0.2, 0.25) is 5.95 Å². The minimum atomic E-state index is -2.84. The van der Waals surface area contributed by atoms with E-state index in [4.69, 9.17) is 0 Å². The molecule has 3 N–H and O–H groups in total. The van der Waals surface area contributed by atoms with Gasteiger partial charge in [-0.3, -0.25) is 9.78 Å². The summed E-state index contributed by atoms with van der Waals surface area (Å²) in [7, 11) is 1.56. The quantitative estimate of drug-likeness (QED) is 0.459. The van der Waals surface area contributed by atoms with Crippen LogP contribution in [0.2, 0.25) is 0 Å². The minimum Gasteiger partial charge on any atom is -0.393 e. The number of fused-ring (bicyclic) bond motifs is 1. The highest BCUT2D eigenvalue weighted by Gasteiger charge is 2.26. The van der Waals surface area contributed by atoms with Crippen LogP contribution in [0.15, 0.2) is 30.7 Å². The van der Waals surface area contributed by atoms with Gasteiger partial charge in [0.05, 0.1) is 30.0 Å². The first-order valence-corrected chi connectivity index (χ1v) is 11.3. The zero-order valence-electron chi connectivity index (χ0n) is 19.0. The topological polar surface area (TPSA) is 114 Å². The van der Waals surface area contributed by atoms with Gasteiger partial charge in [-0.2, -0.15) is 8.78 Å². The standard InChI is InChI=1S/C23H28F2N6O3/c1-13(12-34-22(24)25)29-23-28-11-20-18(15-7-16(10-27-9-15)21(33)26-2)8-19(31(20)30-23)14-3-5-17(32)6-4-14/h7-11,13-14,17,22,32H,3-6,12H2,1-2H3,(H,26,33)(H,29,30)/t13-,14?,17?/m0/s1. The van der Waals surface area contributed by atoms with Crippen molar-refractivity contribution < 1.29 is 23.4 Å². The van der Waals surface area contributed by atoms with Crippen molar-refractivity contribution in [1.82, 2.24) is 24.9 Å². The molecule has 1 amide bonds. The van der Waals surface area contributed by atoms with Crippen molar-refractivity contribution in [1.29, 1.82) is 0 Å².